The number of nitro groups is 1. The first-order chi connectivity index (χ1) is 14.2. The molecule has 3 rings (SSSR count). The number of benzene rings is 2. The molecule has 0 atom stereocenters. The fourth-order valence-electron chi connectivity index (χ4n) is 2.43. The predicted molar refractivity (Wildman–Crippen MR) is 107 cm³/mol. The maximum Gasteiger partial charge on any atom is 0.322 e. The van der Waals surface area contributed by atoms with Crippen LogP contribution in [0.3, 0.4) is 0 Å². The summed E-state index contributed by atoms with van der Waals surface area (Å²) in [5, 5.41) is 20.6. The average Bonchev–Trinajstić information content (AvgIpc) is 3.13. The Balaban J connectivity index is 1.58. The normalized spacial score (nSPS) is 11.5. The van der Waals surface area contributed by atoms with Gasteiger partial charge in [-0.05, 0) is 41.5 Å². The number of carbonyl (C=O) groups is 1. The number of sulfone groups is 1. The van der Waals surface area contributed by atoms with Crippen molar-refractivity contribution in [2.45, 2.75) is 11.3 Å². The maximum atomic E-state index is 12.0. The second-order valence-electron chi connectivity index (χ2n) is 6.27. The van der Waals surface area contributed by atoms with E-state index in [1.807, 2.05) is 0 Å². The van der Waals surface area contributed by atoms with E-state index in [4.69, 9.17) is 4.42 Å². The van der Waals surface area contributed by atoms with Crippen LogP contribution in [-0.4, -0.2) is 35.7 Å². The lowest BCUT2D eigenvalue weighted by Crippen LogP contribution is -2.07. The van der Waals surface area contributed by atoms with Crippen LogP contribution in [0.4, 0.5) is 11.7 Å². The lowest BCUT2D eigenvalue weighted by atomic mass is 10.1. The summed E-state index contributed by atoms with van der Waals surface area (Å²) in [5.41, 5.74) is 1.34. The minimum absolute atomic E-state index is 0.0408. The summed E-state index contributed by atoms with van der Waals surface area (Å²) in [6.07, 6.45) is 4.12. The van der Waals surface area contributed by atoms with Crippen molar-refractivity contribution < 1.29 is 22.6 Å². The lowest BCUT2D eigenvalue weighted by molar-refractivity contribution is -0.384. The molecule has 0 aliphatic heterocycles. The third-order valence-electron chi connectivity index (χ3n) is 3.93. The molecule has 0 saturated heterocycles. The minimum atomic E-state index is -3.27. The van der Waals surface area contributed by atoms with Crippen LogP contribution in [0.2, 0.25) is 0 Å². The number of aromatic nitrogens is 2. The first-order valence-corrected chi connectivity index (χ1v) is 10.4. The fourth-order valence-corrected chi connectivity index (χ4v) is 3.06. The zero-order chi connectivity index (χ0) is 21.7. The van der Waals surface area contributed by atoms with Crippen molar-refractivity contribution in [2.75, 3.05) is 11.6 Å². The molecule has 0 fully saturated rings. The maximum absolute atomic E-state index is 12.0. The van der Waals surface area contributed by atoms with Gasteiger partial charge in [0.2, 0.25) is 5.89 Å². The second-order valence-corrected chi connectivity index (χ2v) is 8.28. The van der Waals surface area contributed by atoms with Crippen LogP contribution < -0.4 is 5.32 Å². The molecular formula is C19H16N4O6S. The van der Waals surface area contributed by atoms with Gasteiger partial charge in [-0.25, -0.2) is 8.42 Å². The zero-order valence-corrected chi connectivity index (χ0v) is 16.5. The molecular weight excluding hydrogens is 412 g/mol. The van der Waals surface area contributed by atoms with Crippen molar-refractivity contribution in [3.63, 3.8) is 0 Å². The first-order valence-electron chi connectivity index (χ1n) is 8.55. The summed E-state index contributed by atoms with van der Waals surface area (Å²) in [5.74, 6) is -0.266. The van der Waals surface area contributed by atoms with Gasteiger partial charge in [-0.2, -0.15) is 0 Å². The number of carbonyl (C=O) groups excluding carboxylic acids is 1. The molecule has 10 nitrogen and oxygen atoms in total. The van der Waals surface area contributed by atoms with Gasteiger partial charge in [-0.15, -0.1) is 5.10 Å². The Bertz CT molecular complexity index is 1200. The summed E-state index contributed by atoms with van der Waals surface area (Å²) >= 11 is 0. The van der Waals surface area contributed by atoms with Gasteiger partial charge in [-0.1, -0.05) is 17.2 Å². The van der Waals surface area contributed by atoms with Gasteiger partial charge in [0.25, 0.3) is 11.6 Å². The number of hydrogen-bond acceptors (Lipinski definition) is 8. The van der Waals surface area contributed by atoms with Gasteiger partial charge in [0, 0.05) is 24.5 Å². The number of rotatable bonds is 7. The van der Waals surface area contributed by atoms with Crippen LogP contribution in [0.25, 0.3) is 6.08 Å². The van der Waals surface area contributed by atoms with Crippen molar-refractivity contribution >= 4 is 33.5 Å². The summed E-state index contributed by atoms with van der Waals surface area (Å²) < 4.78 is 28.3. The molecule has 0 aliphatic carbocycles. The Labute approximate surface area is 171 Å². The van der Waals surface area contributed by atoms with Crippen molar-refractivity contribution in [2.24, 2.45) is 0 Å². The Morgan fingerprint density at radius 1 is 1.13 bits per heavy atom. The van der Waals surface area contributed by atoms with Crippen molar-refractivity contribution in [3.05, 3.63) is 81.7 Å². The average molecular weight is 428 g/mol. The van der Waals surface area contributed by atoms with Crippen LogP contribution in [-0.2, 0) is 21.1 Å². The summed E-state index contributed by atoms with van der Waals surface area (Å²) in [4.78, 5) is 22.3. The Kier molecular flexibility index (Phi) is 6.02. The largest absolute Gasteiger partial charge is 0.407 e. The second kappa shape index (κ2) is 8.66. The van der Waals surface area contributed by atoms with E-state index in [-0.39, 0.29) is 28.9 Å². The molecule has 1 N–H and O–H groups in total. The number of nitrogens with zero attached hydrogens (tertiary/aromatic N) is 3. The topological polar surface area (TPSA) is 145 Å². The molecule has 0 radical (unpaired) electrons. The number of amides is 1. The van der Waals surface area contributed by atoms with Gasteiger partial charge >= 0.3 is 6.01 Å². The van der Waals surface area contributed by atoms with E-state index in [0.717, 1.165) is 11.8 Å². The van der Waals surface area contributed by atoms with E-state index in [0.29, 0.717) is 5.56 Å². The summed E-state index contributed by atoms with van der Waals surface area (Å²) in [6, 6.07) is 11.9. The van der Waals surface area contributed by atoms with E-state index >= 15 is 0 Å². The van der Waals surface area contributed by atoms with E-state index in [1.54, 1.807) is 12.1 Å². The highest BCUT2D eigenvalue weighted by molar-refractivity contribution is 7.90. The molecule has 1 aromatic heterocycles. The number of non-ortho nitro benzene ring substituents is 1. The van der Waals surface area contributed by atoms with E-state index in [2.05, 4.69) is 15.5 Å². The SMILES string of the molecule is CS(=O)(=O)c1ccc(Cc2nnc(NC(=O)C=Cc3ccc([N+](=O)[O-])cc3)o2)cc1. The predicted octanol–water partition coefficient (Wildman–Crippen LogP) is 2.62. The van der Waals surface area contributed by atoms with Crippen LogP contribution in [0.5, 0.6) is 0 Å². The number of nitrogens with one attached hydrogen (secondary N) is 1. The standard InChI is InChI=1S/C19H16N4O6S/c1-30(27,28)16-9-4-14(5-10-16)12-18-21-22-19(29-18)20-17(24)11-6-13-2-7-15(8-3-13)23(25)26/h2-11H,12H2,1H3,(H,20,22,24). The Morgan fingerprint density at radius 2 is 1.80 bits per heavy atom. The third kappa shape index (κ3) is 5.58. The van der Waals surface area contributed by atoms with Crippen LogP contribution in [0, 0.1) is 10.1 Å². The van der Waals surface area contributed by atoms with Gasteiger partial charge in [-0.3, -0.25) is 20.2 Å². The molecule has 2 aromatic carbocycles. The third-order valence-corrected chi connectivity index (χ3v) is 5.06. The highest BCUT2D eigenvalue weighted by atomic mass is 32.2. The van der Waals surface area contributed by atoms with Gasteiger partial charge in [0.15, 0.2) is 9.84 Å². The fraction of sp³-hybridized carbons (Fsp3) is 0.105. The van der Waals surface area contributed by atoms with Crippen LogP contribution >= 0.6 is 0 Å². The number of anilines is 1. The van der Waals surface area contributed by atoms with E-state index in [1.165, 1.54) is 48.6 Å². The zero-order valence-electron chi connectivity index (χ0n) is 15.7. The molecule has 154 valence electrons. The van der Waals surface area contributed by atoms with Gasteiger partial charge < -0.3 is 4.42 Å². The summed E-state index contributed by atoms with van der Waals surface area (Å²) in [6.45, 7) is 0. The molecule has 30 heavy (non-hydrogen) atoms. The highest BCUT2D eigenvalue weighted by Gasteiger charge is 2.11. The van der Waals surface area contributed by atoms with Crippen molar-refractivity contribution in [1.82, 2.24) is 10.2 Å². The Morgan fingerprint density at radius 3 is 2.40 bits per heavy atom. The quantitative estimate of drug-likeness (QED) is 0.343. The van der Waals surface area contributed by atoms with E-state index in [9.17, 15) is 23.3 Å². The highest BCUT2D eigenvalue weighted by Crippen LogP contribution is 2.15. The van der Waals surface area contributed by atoms with Crippen molar-refractivity contribution in [3.8, 4) is 0 Å². The molecule has 0 unspecified atom stereocenters. The lowest BCUT2D eigenvalue weighted by Gasteiger charge is -2.00. The molecule has 11 heteroatoms. The Hall–Kier alpha value is -3.86. The monoisotopic (exact) mass is 428 g/mol. The smallest absolute Gasteiger partial charge is 0.322 e. The molecule has 1 amide bonds. The van der Waals surface area contributed by atoms with Crippen LogP contribution in [0.1, 0.15) is 17.0 Å². The van der Waals surface area contributed by atoms with Gasteiger partial charge in [0.1, 0.15) is 0 Å². The molecule has 1 heterocycles. The van der Waals surface area contributed by atoms with E-state index < -0.39 is 20.7 Å². The molecule has 0 saturated carbocycles. The van der Waals surface area contributed by atoms with Crippen molar-refractivity contribution in [1.29, 1.82) is 0 Å². The minimum Gasteiger partial charge on any atom is -0.407 e. The summed E-state index contributed by atoms with van der Waals surface area (Å²) in [7, 11) is -3.27. The molecule has 0 bridgehead atoms. The molecule has 0 spiro atoms. The first kappa shape index (κ1) is 20.9. The van der Waals surface area contributed by atoms with Crippen LogP contribution in [0.15, 0.2) is 63.9 Å². The molecule has 0 aliphatic rings. The van der Waals surface area contributed by atoms with Gasteiger partial charge in [0.05, 0.1) is 16.2 Å². The number of hydrogen-bond donors (Lipinski definition) is 1. The number of nitro benzene ring substituents is 1. The molecule has 3 aromatic rings.